The molecule has 2 aromatic rings. The summed E-state index contributed by atoms with van der Waals surface area (Å²) < 4.78 is 13.9. The molecule has 0 saturated carbocycles. The van der Waals surface area contributed by atoms with E-state index >= 15 is 0 Å². The van der Waals surface area contributed by atoms with E-state index in [9.17, 15) is 19.3 Å². The highest BCUT2D eigenvalue weighted by molar-refractivity contribution is 6.13. The maximum atomic E-state index is 13.9. The molecule has 0 aliphatic carbocycles. The van der Waals surface area contributed by atoms with Crippen LogP contribution in [0.25, 0.3) is 0 Å². The summed E-state index contributed by atoms with van der Waals surface area (Å²) in [6, 6.07) is 9.88. The molecular formula is C17H15FN2O3. The van der Waals surface area contributed by atoms with Crippen LogP contribution in [0.3, 0.4) is 0 Å². The van der Waals surface area contributed by atoms with Gasteiger partial charge in [-0.25, -0.2) is 4.39 Å². The molecule has 1 saturated heterocycles. The third kappa shape index (κ3) is 2.92. The van der Waals surface area contributed by atoms with Gasteiger partial charge in [0.25, 0.3) is 5.69 Å². The van der Waals surface area contributed by atoms with E-state index in [0.717, 1.165) is 25.9 Å². The van der Waals surface area contributed by atoms with Crippen molar-refractivity contribution >= 4 is 17.2 Å². The Kier molecular flexibility index (Phi) is 4.06. The van der Waals surface area contributed by atoms with E-state index in [2.05, 4.69) is 0 Å². The third-order valence-electron chi connectivity index (χ3n) is 4.00. The van der Waals surface area contributed by atoms with Crippen LogP contribution in [-0.4, -0.2) is 23.8 Å². The van der Waals surface area contributed by atoms with Gasteiger partial charge in [0.15, 0.2) is 5.78 Å². The van der Waals surface area contributed by atoms with Crippen LogP contribution in [-0.2, 0) is 0 Å². The zero-order chi connectivity index (χ0) is 16.4. The number of hydrogen-bond donors (Lipinski definition) is 0. The predicted molar refractivity (Wildman–Crippen MR) is 84.4 cm³/mol. The normalized spacial score (nSPS) is 14.0. The van der Waals surface area contributed by atoms with Crippen molar-refractivity contribution in [3.8, 4) is 0 Å². The second kappa shape index (κ2) is 6.16. The summed E-state index contributed by atoms with van der Waals surface area (Å²) >= 11 is 0. The van der Waals surface area contributed by atoms with Crippen LogP contribution >= 0.6 is 0 Å². The van der Waals surface area contributed by atoms with Crippen molar-refractivity contribution in [1.29, 1.82) is 0 Å². The average molecular weight is 314 g/mol. The van der Waals surface area contributed by atoms with Crippen LogP contribution in [0.4, 0.5) is 15.8 Å². The molecule has 1 heterocycles. The van der Waals surface area contributed by atoms with E-state index in [-0.39, 0.29) is 16.8 Å². The first-order chi connectivity index (χ1) is 11.1. The molecule has 3 rings (SSSR count). The molecule has 0 N–H and O–H groups in total. The monoisotopic (exact) mass is 314 g/mol. The Hall–Kier alpha value is -2.76. The third-order valence-corrected chi connectivity index (χ3v) is 4.00. The lowest BCUT2D eigenvalue weighted by atomic mass is 10.00. The Labute approximate surface area is 132 Å². The maximum Gasteiger partial charge on any atom is 0.270 e. The van der Waals surface area contributed by atoms with E-state index in [0.29, 0.717) is 5.69 Å². The number of hydrogen-bond acceptors (Lipinski definition) is 4. The summed E-state index contributed by atoms with van der Waals surface area (Å²) in [7, 11) is 0. The molecule has 0 spiro atoms. The van der Waals surface area contributed by atoms with Gasteiger partial charge in [-0.15, -0.1) is 0 Å². The fourth-order valence-corrected chi connectivity index (χ4v) is 2.84. The first-order valence-corrected chi connectivity index (χ1v) is 7.40. The smallest absolute Gasteiger partial charge is 0.270 e. The van der Waals surface area contributed by atoms with E-state index < -0.39 is 16.5 Å². The summed E-state index contributed by atoms with van der Waals surface area (Å²) in [6.07, 6.45) is 2.01. The summed E-state index contributed by atoms with van der Waals surface area (Å²) in [5, 5.41) is 11.0. The Morgan fingerprint density at radius 1 is 1.09 bits per heavy atom. The summed E-state index contributed by atoms with van der Waals surface area (Å²) in [5.41, 5.74) is 0.550. The van der Waals surface area contributed by atoms with Crippen LogP contribution in [0.15, 0.2) is 42.5 Å². The number of nitro groups is 1. The van der Waals surface area contributed by atoms with Gasteiger partial charge in [-0.3, -0.25) is 14.9 Å². The van der Waals surface area contributed by atoms with Crippen LogP contribution < -0.4 is 4.90 Å². The molecule has 1 fully saturated rings. The molecule has 5 nitrogen and oxygen atoms in total. The Morgan fingerprint density at radius 2 is 1.78 bits per heavy atom. The number of non-ortho nitro benzene ring substituents is 1. The van der Waals surface area contributed by atoms with Crippen LogP contribution in [0.2, 0.25) is 0 Å². The molecule has 23 heavy (non-hydrogen) atoms. The predicted octanol–water partition coefficient (Wildman–Crippen LogP) is 3.57. The highest BCUT2D eigenvalue weighted by atomic mass is 19.1. The van der Waals surface area contributed by atoms with Crippen molar-refractivity contribution in [3.05, 3.63) is 69.5 Å². The summed E-state index contributed by atoms with van der Waals surface area (Å²) in [6.45, 7) is 1.57. The molecule has 118 valence electrons. The first kappa shape index (κ1) is 15.1. The van der Waals surface area contributed by atoms with E-state index in [4.69, 9.17) is 0 Å². The Bertz CT molecular complexity index is 770. The number of nitrogens with zero attached hydrogens (tertiary/aromatic N) is 2. The standard InChI is InChI=1S/C17H15FN2O3/c18-15-6-2-1-5-13(15)17(21)14-11-12(20(22)23)7-8-16(14)19-9-3-4-10-19/h1-2,5-8,11H,3-4,9-10H2. The highest BCUT2D eigenvalue weighted by Crippen LogP contribution is 2.30. The zero-order valence-corrected chi connectivity index (χ0v) is 12.4. The zero-order valence-electron chi connectivity index (χ0n) is 12.4. The summed E-state index contributed by atoms with van der Waals surface area (Å²) in [4.78, 5) is 25.2. The van der Waals surface area contributed by atoms with Crippen molar-refractivity contribution in [1.82, 2.24) is 0 Å². The molecular weight excluding hydrogens is 299 g/mol. The molecule has 2 aromatic carbocycles. The quantitative estimate of drug-likeness (QED) is 0.492. The molecule has 0 amide bonds. The number of benzene rings is 2. The molecule has 6 heteroatoms. The largest absolute Gasteiger partial charge is 0.371 e. The second-order valence-electron chi connectivity index (χ2n) is 5.46. The van der Waals surface area contributed by atoms with E-state index in [1.165, 1.54) is 30.3 Å². The van der Waals surface area contributed by atoms with Gasteiger partial charge in [0.05, 0.1) is 16.1 Å². The molecule has 0 radical (unpaired) electrons. The lowest BCUT2D eigenvalue weighted by Gasteiger charge is -2.20. The highest BCUT2D eigenvalue weighted by Gasteiger charge is 2.24. The van der Waals surface area contributed by atoms with Crippen LogP contribution in [0.1, 0.15) is 28.8 Å². The SMILES string of the molecule is O=C(c1ccccc1F)c1cc([N+](=O)[O-])ccc1N1CCCC1. The van der Waals surface area contributed by atoms with Crippen LogP contribution in [0.5, 0.6) is 0 Å². The number of carbonyl (C=O) groups excluding carboxylic acids is 1. The molecule has 0 atom stereocenters. The Balaban J connectivity index is 2.11. The first-order valence-electron chi connectivity index (χ1n) is 7.40. The summed E-state index contributed by atoms with van der Waals surface area (Å²) in [5.74, 6) is -1.16. The molecule has 1 aliphatic heterocycles. The van der Waals surface area contributed by atoms with Gasteiger partial charge in [-0.05, 0) is 31.0 Å². The number of anilines is 1. The minimum Gasteiger partial charge on any atom is -0.371 e. The van der Waals surface area contributed by atoms with Crippen LogP contribution in [0, 0.1) is 15.9 Å². The van der Waals surface area contributed by atoms with Gasteiger partial charge in [0.2, 0.25) is 0 Å². The fraction of sp³-hybridized carbons (Fsp3) is 0.235. The minimum atomic E-state index is -0.628. The van der Waals surface area contributed by atoms with Crippen molar-refractivity contribution in [2.24, 2.45) is 0 Å². The van der Waals surface area contributed by atoms with Crippen molar-refractivity contribution < 1.29 is 14.1 Å². The molecule has 0 unspecified atom stereocenters. The van der Waals surface area contributed by atoms with Gasteiger partial charge >= 0.3 is 0 Å². The minimum absolute atomic E-state index is 0.0755. The van der Waals surface area contributed by atoms with Crippen molar-refractivity contribution in [3.63, 3.8) is 0 Å². The molecule has 1 aliphatic rings. The number of rotatable bonds is 4. The number of halogens is 1. The number of carbonyl (C=O) groups is 1. The van der Waals surface area contributed by atoms with Gasteiger partial charge < -0.3 is 4.90 Å². The average Bonchev–Trinajstić information content (AvgIpc) is 3.08. The van der Waals surface area contributed by atoms with E-state index in [1.807, 2.05) is 4.90 Å². The number of nitro benzene ring substituents is 1. The van der Waals surface area contributed by atoms with E-state index in [1.54, 1.807) is 12.1 Å². The topological polar surface area (TPSA) is 63.4 Å². The second-order valence-corrected chi connectivity index (χ2v) is 5.46. The Morgan fingerprint density at radius 3 is 2.43 bits per heavy atom. The van der Waals surface area contributed by atoms with Crippen molar-refractivity contribution in [2.75, 3.05) is 18.0 Å². The van der Waals surface area contributed by atoms with Gasteiger partial charge in [-0.2, -0.15) is 0 Å². The van der Waals surface area contributed by atoms with Gasteiger partial charge in [0, 0.05) is 30.9 Å². The fourth-order valence-electron chi connectivity index (χ4n) is 2.84. The van der Waals surface area contributed by atoms with Gasteiger partial charge in [-0.1, -0.05) is 12.1 Å². The molecule has 0 bridgehead atoms. The lowest BCUT2D eigenvalue weighted by Crippen LogP contribution is -2.21. The van der Waals surface area contributed by atoms with Crippen molar-refractivity contribution in [2.45, 2.75) is 12.8 Å². The maximum absolute atomic E-state index is 13.9. The lowest BCUT2D eigenvalue weighted by molar-refractivity contribution is -0.384. The number of ketones is 1. The van der Waals surface area contributed by atoms with Gasteiger partial charge in [0.1, 0.15) is 5.82 Å². The molecule has 0 aromatic heterocycles.